The lowest BCUT2D eigenvalue weighted by Crippen LogP contribution is -2.21. The fourth-order valence-corrected chi connectivity index (χ4v) is 6.71. The molecule has 5 rings (SSSR count). The van der Waals surface area contributed by atoms with E-state index in [4.69, 9.17) is 73.2 Å². The molecule has 36 heavy (non-hydrogen) atoms. The van der Waals surface area contributed by atoms with Gasteiger partial charge in [0.25, 0.3) is 0 Å². The number of nitriles is 1. The highest BCUT2D eigenvalue weighted by atomic mass is 35.5. The molecule has 1 aromatic heterocycles. The molecule has 11 heteroatoms. The lowest BCUT2D eigenvalue weighted by Gasteiger charge is -2.27. The van der Waals surface area contributed by atoms with Gasteiger partial charge in [-0.05, 0) is 35.9 Å². The van der Waals surface area contributed by atoms with Gasteiger partial charge in [0.1, 0.15) is 28.0 Å². The Morgan fingerprint density at radius 3 is 2.42 bits per heavy atom. The Kier molecular flexibility index (Phi) is 6.73. The summed E-state index contributed by atoms with van der Waals surface area (Å²) < 4.78 is 11.9. The van der Waals surface area contributed by atoms with Crippen LogP contribution in [0.4, 0.5) is 0 Å². The first-order valence-electron chi connectivity index (χ1n) is 10.1. The molecular formula is C25H11Cl5N2O3S. The van der Waals surface area contributed by atoms with E-state index in [1.54, 1.807) is 42.5 Å². The molecule has 0 aliphatic carbocycles. The standard InChI is InChI=1S/C25H11Cl5N2O3S/c26-10-1-3-13(16(28)5-10)20-14-4-2-12(8-18(14)35-24(32)15(20)9-31)34-25(33)23-22(30)21-17(29)6-11(27)7-19(21)36-23/h1-8,20H,32H2. The molecule has 0 saturated heterocycles. The predicted molar refractivity (Wildman–Crippen MR) is 144 cm³/mol. The van der Waals surface area contributed by atoms with E-state index < -0.39 is 11.9 Å². The van der Waals surface area contributed by atoms with Crippen molar-refractivity contribution in [1.82, 2.24) is 0 Å². The Hall–Kier alpha value is -2.63. The van der Waals surface area contributed by atoms with E-state index in [0.717, 1.165) is 11.3 Å². The summed E-state index contributed by atoms with van der Waals surface area (Å²) in [6, 6.07) is 15.1. The molecule has 5 nitrogen and oxygen atoms in total. The quantitative estimate of drug-likeness (QED) is 0.189. The molecule has 2 N–H and O–H groups in total. The van der Waals surface area contributed by atoms with Crippen LogP contribution in [0, 0.1) is 11.3 Å². The average Bonchev–Trinajstić information content (AvgIpc) is 3.14. The number of hydrogen-bond donors (Lipinski definition) is 1. The van der Waals surface area contributed by atoms with Crippen LogP contribution >= 0.6 is 69.3 Å². The Labute approximate surface area is 234 Å². The second-order valence-corrected chi connectivity index (χ2v) is 10.8. The molecule has 1 atom stereocenters. The Bertz CT molecular complexity index is 1660. The lowest BCUT2D eigenvalue weighted by molar-refractivity contribution is 0.0740. The zero-order valence-electron chi connectivity index (χ0n) is 17.7. The molecule has 2 heterocycles. The molecule has 0 spiro atoms. The Morgan fingerprint density at radius 1 is 0.972 bits per heavy atom. The van der Waals surface area contributed by atoms with Crippen molar-refractivity contribution in [1.29, 1.82) is 5.26 Å². The largest absolute Gasteiger partial charge is 0.440 e. The van der Waals surface area contributed by atoms with Gasteiger partial charge in [-0.25, -0.2) is 4.79 Å². The van der Waals surface area contributed by atoms with Gasteiger partial charge in [-0.2, -0.15) is 5.26 Å². The zero-order valence-corrected chi connectivity index (χ0v) is 22.3. The summed E-state index contributed by atoms with van der Waals surface area (Å²) in [4.78, 5) is 13.1. The van der Waals surface area contributed by atoms with Crippen LogP contribution in [0.15, 0.2) is 60.0 Å². The summed E-state index contributed by atoms with van der Waals surface area (Å²) in [6.07, 6.45) is 0. The van der Waals surface area contributed by atoms with Gasteiger partial charge in [0.15, 0.2) is 0 Å². The number of rotatable bonds is 3. The summed E-state index contributed by atoms with van der Waals surface area (Å²) in [7, 11) is 0. The van der Waals surface area contributed by atoms with Crippen molar-refractivity contribution in [3.63, 3.8) is 0 Å². The summed E-state index contributed by atoms with van der Waals surface area (Å²) in [5.74, 6) is -0.862. The van der Waals surface area contributed by atoms with Gasteiger partial charge in [0.05, 0.1) is 16.0 Å². The predicted octanol–water partition coefficient (Wildman–Crippen LogP) is 8.61. The third-order valence-electron chi connectivity index (χ3n) is 5.51. The molecule has 0 amide bonds. The van der Waals surface area contributed by atoms with Crippen LogP contribution in [0.25, 0.3) is 10.1 Å². The molecule has 1 unspecified atom stereocenters. The fraction of sp³-hybridized carbons (Fsp3) is 0.0400. The van der Waals surface area contributed by atoms with Crippen LogP contribution in [-0.2, 0) is 0 Å². The van der Waals surface area contributed by atoms with Crippen LogP contribution in [0.2, 0.25) is 25.1 Å². The van der Waals surface area contributed by atoms with E-state index in [9.17, 15) is 10.1 Å². The van der Waals surface area contributed by atoms with Crippen LogP contribution < -0.4 is 15.2 Å². The van der Waals surface area contributed by atoms with E-state index in [1.165, 1.54) is 6.07 Å². The maximum Gasteiger partial charge on any atom is 0.355 e. The van der Waals surface area contributed by atoms with Crippen molar-refractivity contribution >= 4 is 85.4 Å². The third kappa shape index (κ3) is 4.37. The number of benzene rings is 3. The molecule has 180 valence electrons. The Balaban J connectivity index is 1.51. The minimum absolute atomic E-state index is 0.0800. The van der Waals surface area contributed by atoms with Gasteiger partial charge in [0.2, 0.25) is 5.88 Å². The van der Waals surface area contributed by atoms with Gasteiger partial charge < -0.3 is 15.2 Å². The summed E-state index contributed by atoms with van der Waals surface area (Å²) in [6.45, 7) is 0. The van der Waals surface area contributed by atoms with Crippen molar-refractivity contribution in [2.75, 3.05) is 0 Å². The number of allylic oxidation sites excluding steroid dienone is 1. The molecule has 0 fully saturated rings. The van der Waals surface area contributed by atoms with Gasteiger partial charge in [0, 0.05) is 36.8 Å². The number of esters is 1. The number of thiophene rings is 1. The lowest BCUT2D eigenvalue weighted by atomic mass is 9.83. The molecule has 0 saturated carbocycles. The number of nitrogens with two attached hydrogens (primary N) is 1. The normalized spacial score (nSPS) is 14.8. The third-order valence-corrected chi connectivity index (χ3v) is 8.20. The molecule has 0 radical (unpaired) electrons. The Morgan fingerprint density at radius 2 is 1.69 bits per heavy atom. The number of fused-ring (bicyclic) bond motifs is 2. The van der Waals surface area contributed by atoms with E-state index in [1.807, 2.05) is 0 Å². The van der Waals surface area contributed by atoms with Gasteiger partial charge in [-0.15, -0.1) is 11.3 Å². The van der Waals surface area contributed by atoms with Crippen molar-refractivity contribution in [3.05, 3.63) is 101 Å². The van der Waals surface area contributed by atoms with Gasteiger partial charge in [-0.1, -0.05) is 70.1 Å². The first-order valence-corrected chi connectivity index (χ1v) is 12.8. The first-order chi connectivity index (χ1) is 17.2. The number of nitrogens with zero attached hydrogens (tertiary/aromatic N) is 1. The van der Waals surface area contributed by atoms with Crippen molar-refractivity contribution in [2.45, 2.75) is 5.92 Å². The van der Waals surface area contributed by atoms with E-state index in [0.29, 0.717) is 47.1 Å². The van der Waals surface area contributed by atoms with Crippen LogP contribution in [0.1, 0.15) is 26.7 Å². The van der Waals surface area contributed by atoms with E-state index >= 15 is 0 Å². The summed E-state index contributed by atoms with van der Waals surface area (Å²) in [5.41, 5.74) is 7.50. The SMILES string of the molecule is N#CC1=C(N)Oc2cc(OC(=O)c3sc4cc(Cl)cc(Cl)c4c3Cl)ccc2C1c1ccc(Cl)cc1Cl. The topological polar surface area (TPSA) is 85.3 Å². The highest BCUT2D eigenvalue weighted by molar-refractivity contribution is 7.21. The molecule has 1 aliphatic rings. The highest BCUT2D eigenvalue weighted by Gasteiger charge is 2.32. The molecule has 1 aliphatic heterocycles. The monoisotopic (exact) mass is 594 g/mol. The average molecular weight is 597 g/mol. The van der Waals surface area contributed by atoms with Gasteiger partial charge in [-0.3, -0.25) is 0 Å². The van der Waals surface area contributed by atoms with Crippen molar-refractivity contribution < 1.29 is 14.3 Å². The van der Waals surface area contributed by atoms with Crippen LogP contribution in [-0.4, -0.2) is 5.97 Å². The maximum absolute atomic E-state index is 13.0. The summed E-state index contributed by atoms with van der Waals surface area (Å²) >= 11 is 32.4. The fourth-order valence-electron chi connectivity index (χ4n) is 3.95. The van der Waals surface area contributed by atoms with Crippen molar-refractivity contribution in [3.8, 4) is 17.6 Å². The number of hydrogen-bond acceptors (Lipinski definition) is 6. The van der Waals surface area contributed by atoms with Crippen LogP contribution in [0.5, 0.6) is 11.5 Å². The molecule has 4 aromatic rings. The zero-order chi connectivity index (χ0) is 25.7. The minimum Gasteiger partial charge on any atom is -0.440 e. The van der Waals surface area contributed by atoms with E-state index in [2.05, 4.69) is 6.07 Å². The number of carbonyl (C=O) groups is 1. The molecule has 3 aromatic carbocycles. The smallest absolute Gasteiger partial charge is 0.355 e. The second kappa shape index (κ2) is 9.68. The van der Waals surface area contributed by atoms with E-state index in [-0.39, 0.29) is 27.1 Å². The van der Waals surface area contributed by atoms with Gasteiger partial charge >= 0.3 is 5.97 Å². The highest BCUT2D eigenvalue weighted by Crippen LogP contribution is 2.46. The number of ether oxygens (including phenoxy) is 2. The molecular weight excluding hydrogens is 586 g/mol. The number of halogens is 5. The number of carbonyl (C=O) groups excluding carboxylic acids is 1. The minimum atomic E-state index is -0.678. The second-order valence-electron chi connectivity index (χ2n) is 7.69. The van der Waals surface area contributed by atoms with Crippen LogP contribution in [0.3, 0.4) is 0 Å². The first kappa shape index (κ1) is 25.0. The maximum atomic E-state index is 13.0. The van der Waals surface area contributed by atoms with Crippen molar-refractivity contribution in [2.24, 2.45) is 5.73 Å². The molecule has 0 bridgehead atoms. The summed E-state index contributed by atoms with van der Waals surface area (Å²) in [5, 5.41) is 12.0.